The highest BCUT2D eigenvalue weighted by atomic mass is 16.4. The van der Waals surface area contributed by atoms with Gasteiger partial charge in [0.25, 0.3) is 0 Å². The Kier molecular flexibility index (Phi) is 2.30. The van der Waals surface area contributed by atoms with Crippen LogP contribution in [0, 0.1) is 26.7 Å². The monoisotopic (exact) mass is 230 g/mol. The molecule has 1 saturated carbocycles. The smallest absolute Gasteiger partial charge is 0.137 e. The molecule has 2 nitrogen and oxygen atoms in total. The van der Waals surface area contributed by atoms with E-state index in [1.54, 1.807) is 0 Å². The van der Waals surface area contributed by atoms with Crippen LogP contribution >= 0.6 is 0 Å². The summed E-state index contributed by atoms with van der Waals surface area (Å²) < 4.78 is 5.87. The highest BCUT2D eigenvalue weighted by Crippen LogP contribution is 2.42. The maximum absolute atomic E-state index is 10.1. The van der Waals surface area contributed by atoms with E-state index < -0.39 is 6.10 Å². The van der Waals surface area contributed by atoms with Crippen molar-refractivity contribution in [1.82, 2.24) is 0 Å². The molecule has 1 atom stereocenters. The largest absolute Gasteiger partial charge is 0.458 e. The molecular formula is C15H18O2. The van der Waals surface area contributed by atoms with Crippen molar-refractivity contribution in [2.24, 2.45) is 5.92 Å². The van der Waals surface area contributed by atoms with Gasteiger partial charge in [-0.1, -0.05) is 6.07 Å². The fraction of sp³-hybridized carbons (Fsp3) is 0.467. The Morgan fingerprint density at radius 3 is 2.53 bits per heavy atom. The van der Waals surface area contributed by atoms with Crippen LogP contribution in [-0.4, -0.2) is 5.11 Å². The molecule has 0 bridgehead atoms. The summed E-state index contributed by atoms with van der Waals surface area (Å²) >= 11 is 0. The first-order valence-corrected chi connectivity index (χ1v) is 6.26. The van der Waals surface area contributed by atoms with E-state index in [0.29, 0.717) is 5.92 Å². The topological polar surface area (TPSA) is 33.4 Å². The van der Waals surface area contributed by atoms with Crippen LogP contribution < -0.4 is 0 Å². The molecule has 1 heterocycles. The molecule has 2 heteroatoms. The second kappa shape index (κ2) is 3.61. The van der Waals surface area contributed by atoms with Crippen molar-refractivity contribution in [2.45, 2.75) is 39.7 Å². The minimum absolute atomic E-state index is 0.414. The third-order valence-electron chi connectivity index (χ3n) is 3.90. The van der Waals surface area contributed by atoms with E-state index >= 15 is 0 Å². The molecule has 90 valence electrons. The summed E-state index contributed by atoms with van der Waals surface area (Å²) in [6.45, 7) is 6.27. The van der Waals surface area contributed by atoms with Gasteiger partial charge in [0.1, 0.15) is 17.4 Å². The fourth-order valence-electron chi connectivity index (χ4n) is 2.46. The Labute approximate surface area is 101 Å². The molecule has 0 saturated heterocycles. The zero-order valence-corrected chi connectivity index (χ0v) is 10.6. The zero-order chi connectivity index (χ0) is 12.2. The number of aryl methyl sites for hydroxylation is 3. The Morgan fingerprint density at radius 1 is 1.18 bits per heavy atom. The Bertz CT molecular complexity index is 576. The summed E-state index contributed by atoms with van der Waals surface area (Å²) in [5.74, 6) is 1.15. The van der Waals surface area contributed by atoms with Gasteiger partial charge in [0.2, 0.25) is 0 Å². The quantitative estimate of drug-likeness (QED) is 0.851. The molecule has 1 N–H and O–H groups in total. The molecule has 0 amide bonds. The summed E-state index contributed by atoms with van der Waals surface area (Å²) in [5, 5.41) is 11.3. The molecular weight excluding hydrogens is 212 g/mol. The van der Waals surface area contributed by atoms with Gasteiger partial charge < -0.3 is 9.52 Å². The van der Waals surface area contributed by atoms with Crippen molar-refractivity contribution < 1.29 is 9.52 Å². The van der Waals surface area contributed by atoms with E-state index in [4.69, 9.17) is 4.42 Å². The maximum Gasteiger partial charge on any atom is 0.137 e. The number of aliphatic hydroxyl groups excluding tert-OH is 1. The minimum atomic E-state index is -0.415. The van der Waals surface area contributed by atoms with Crippen LogP contribution in [0.1, 0.15) is 41.4 Å². The molecule has 1 fully saturated rings. The fourth-order valence-corrected chi connectivity index (χ4v) is 2.46. The minimum Gasteiger partial charge on any atom is -0.458 e. The average molecular weight is 230 g/mol. The predicted octanol–water partition coefficient (Wildman–Crippen LogP) is 3.80. The first-order valence-electron chi connectivity index (χ1n) is 6.26. The summed E-state index contributed by atoms with van der Waals surface area (Å²) in [5.41, 5.74) is 4.59. The highest BCUT2D eigenvalue weighted by molar-refractivity contribution is 5.85. The van der Waals surface area contributed by atoms with E-state index in [1.807, 2.05) is 6.07 Å². The van der Waals surface area contributed by atoms with Crippen molar-refractivity contribution in [3.05, 3.63) is 34.6 Å². The van der Waals surface area contributed by atoms with Crippen molar-refractivity contribution in [3.8, 4) is 0 Å². The van der Waals surface area contributed by atoms with E-state index in [9.17, 15) is 5.11 Å². The highest BCUT2D eigenvalue weighted by Gasteiger charge is 2.33. The average Bonchev–Trinajstić information content (AvgIpc) is 3.03. The van der Waals surface area contributed by atoms with Gasteiger partial charge in [-0.2, -0.15) is 0 Å². The van der Waals surface area contributed by atoms with E-state index in [2.05, 4.69) is 26.8 Å². The van der Waals surface area contributed by atoms with Gasteiger partial charge in [-0.15, -0.1) is 0 Å². The van der Waals surface area contributed by atoms with Crippen LogP contribution in [0.3, 0.4) is 0 Å². The normalized spacial score (nSPS) is 17.6. The van der Waals surface area contributed by atoms with Gasteiger partial charge in [0.15, 0.2) is 0 Å². The lowest BCUT2D eigenvalue weighted by Gasteiger charge is -2.04. The Balaban J connectivity index is 2.17. The van der Waals surface area contributed by atoms with Crippen molar-refractivity contribution in [1.29, 1.82) is 0 Å². The molecule has 0 aliphatic heterocycles. The summed E-state index contributed by atoms with van der Waals surface area (Å²) in [6.07, 6.45) is 1.83. The van der Waals surface area contributed by atoms with Gasteiger partial charge in [0, 0.05) is 5.39 Å². The number of fused-ring (bicyclic) bond motifs is 1. The summed E-state index contributed by atoms with van der Waals surface area (Å²) in [7, 11) is 0. The summed E-state index contributed by atoms with van der Waals surface area (Å²) in [6, 6.07) is 4.20. The zero-order valence-electron chi connectivity index (χ0n) is 10.6. The first-order chi connectivity index (χ1) is 8.08. The maximum atomic E-state index is 10.1. The third kappa shape index (κ3) is 1.67. The van der Waals surface area contributed by atoms with Gasteiger partial charge in [-0.05, 0) is 62.3 Å². The van der Waals surface area contributed by atoms with Crippen LogP contribution in [0.4, 0.5) is 0 Å². The lowest BCUT2D eigenvalue weighted by molar-refractivity contribution is 0.129. The predicted molar refractivity (Wildman–Crippen MR) is 68.1 cm³/mol. The van der Waals surface area contributed by atoms with Gasteiger partial charge >= 0.3 is 0 Å². The van der Waals surface area contributed by atoms with Crippen LogP contribution in [0.5, 0.6) is 0 Å². The molecule has 17 heavy (non-hydrogen) atoms. The van der Waals surface area contributed by atoms with Gasteiger partial charge in [-0.3, -0.25) is 0 Å². The van der Waals surface area contributed by atoms with Crippen molar-refractivity contribution in [2.75, 3.05) is 0 Å². The van der Waals surface area contributed by atoms with Crippen molar-refractivity contribution in [3.63, 3.8) is 0 Å². The molecule has 3 rings (SSSR count). The molecule has 1 aliphatic rings. The first kappa shape index (κ1) is 10.8. The number of hydrogen-bond acceptors (Lipinski definition) is 2. The number of furan rings is 1. The van der Waals surface area contributed by atoms with E-state index in [-0.39, 0.29) is 0 Å². The molecule has 1 aliphatic carbocycles. The number of benzene rings is 1. The second-order valence-electron chi connectivity index (χ2n) is 5.31. The third-order valence-corrected chi connectivity index (χ3v) is 3.90. The van der Waals surface area contributed by atoms with Crippen LogP contribution in [0.2, 0.25) is 0 Å². The number of rotatable bonds is 2. The number of aliphatic hydroxyl groups is 1. The molecule has 0 spiro atoms. The standard InChI is InChI=1S/C15H18O2/c1-8-6-9(2)12-7-13(14(16)11-4-5-11)17-15(12)10(8)3/h6-7,11,14,16H,4-5H2,1-3H3. The lowest BCUT2D eigenvalue weighted by atomic mass is 10.0. The van der Waals surface area contributed by atoms with Crippen LogP contribution in [0.25, 0.3) is 11.0 Å². The molecule has 1 aromatic carbocycles. The van der Waals surface area contributed by atoms with Crippen LogP contribution in [0.15, 0.2) is 16.5 Å². The molecule has 0 radical (unpaired) electrons. The lowest BCUT2D eigenvalue weighted by Crippen LogP contribution is -1.96. The van der Waals surface area contributed by atoms with Crippen molar-refractivity contribution >= 4 is 11.0 Å². The molecule has 1 unspecified atom stereocenters. The van der Waals surface area contributed by atoms with Crippen LogP contribution in [-0.2, 0) is 0 Å². The van der Waals surface area contributed by atoms with E-state index in [0.717, 1.165) is 29.6 Å². The number of hydrogen-bond donors (Lipinski definition) is 1. The Hall–Kier alpha value is -1.28. The second-order valence-corrected chi connectivity index (χ2v) is 5.31. The molecule has 2 aromatic rings. The summed E-state index contributed by atoms with van der Waals surface area (Å²) in [4.78, 5) is 0. The van der Waals surface area contributed by atoms with Gasteiger partial charge in [-0.25, -0.2) is 0 Å². The molecule has 1 aromatic heterocycles. The van der Waals surface area contributed by atoms with E-state index in [1.165, 1.54) is 16.7 Å². The SMILES string of the molecule is Cc1cc(C)c2cc(C(O)C3CC3)oc2c1C. The van der Waals surface area contributed by atoms with Gasteiger partial charge in [0.05, 0.1) is 0 Å². The Morgan fingerprint density at radius 2 is 1.88 bits per heavy atom.